The van der Waals surface area contributed by atoms with Gasteiger partial charge in [0.15, 0.2) is 4.77 Å². The molecule has 1 amide bonds. The lowest BCUT2D eigenvalue weighted by atomic mass is 10.1. The van der Waals surface area contributed by atoms with Crippen LogP contribution in [-0.4, -0.2) is 38.4 Å². The molecule has 2 aromatic rings. The maximum atomic E-state index is 12.6. The molecule has 0 aromatic carbocycles. The number of aromatic nitrogens is 3. The Bertz CT molecular complexity index is 684. The molecule has 1 aliphatic heterocycles. The van der Waals surface area contributed by atoms with Gasteiger partial charge in [-0.1, -0.05) is 0 Å². The first kappa shape index (κ1) is 13.3. The Morgan fingerprint density at radius 1 is 1.40 bits per heavy atom. The van der Waals surface area contributed by atoms with Crippen molar-refractivity contribution in [2.45, 2.75) is 32.2 Å². The molecular formula is C14H18N4OS. The van der Waals surface area contributed by atoms with Crippen molar-refractivity contribution in [3.05, 3.63) is 23.2 Å². The van der Waals surface area contributed by atoms with Gasteiger partial charge in [0, 0.05) is 19.3 Å². The molecule has 1 saturated heterocycles. The largest absolute Gasteiger partial charge is 0.341 e. The van der Waals surface area contributed by atoms with E-state index in [-0.39, 0.29) is 11.9 Å². The van der Waals surface area contributed by atoms with Crippen LogP contribution >= 0.6 is 12.2 Å². The third-order valence-electron chi connectivity index (χ3n) is 3.93. The van der Waals surface area contributed by atoms with Gasteiger partial charge in [-0.2, -0.15) is 0 Å². The topological polar surface area (TPSA) is 53.9 Å². The highest BCUT2D eigenvalue weighted by molar-refractivity contribution is 7.71. The first-order valence-electron chi connectivity index (χ1n) is 7.01. The van der Waals surface area contributed by atoms with Crippen LogP contribution in [0, 0.1) is 4.77 Å². The Balaban J connectivity index is 1.95. The van der Waals surface area contributed by atoms with Crippen molar-refractivity contribution < 1.29 is 4.79 Å². The molecule has 1 fully saturated rings. The normalized spacial score (nSPS) is 17.4. The number of rotatable bonds is 2. The summed E-state index contributed by atoms with van der Waals surface area (Å²) in [6.07, 6.45) is 6.87. The van der Waals surface area contributed by atoms with Gasteiger partial charge >= 0.3 is 0 Å². The van der Waals surface area contributed by atoms with Crippen LogP contribution in [0.25, 0.3) is 11.0 Å². The molecule has 3 heterocycles. The number of likely N-dealkylation sites (tertiary alicyclic amines) is 1. The average Bonchev–Trinajstić information content (AvgIpc) is 2.82. The number of imidazole rings is 1. The summed E-state index contributed by atoms with van der Waals surface area (Å²) in [5, 5.41) is 0. The molecule has 0 bridgehead atoms. The summed E-state index contributed by atoms with van der Waals surface area (Å²) < 4.78 is 2.47. The monoisotopic (exact) mass is 290 g/mol. The quantitative estimate of drug-likeness (QED) is 0.865. The number of nitrogens with one attached hydrogen (secondary N) is 1. The van der Waals surface area contributed by atoms with Gasteiger partial charge in [-0.05, 0) is 44.5 Å². The number of piperidine rings is 1. The minimum atomic E-state index is -0.281. The van der Waals surface area contributed by atoms with Gasteiger partial charge in [0.25, 0.3) is 0 Å². The third kappa shape index (κ3) is 2.24. The molecule has 1 unspecified atom stereocenters. The van der Waals surface area contributed by atoms with Crippen molar-refractivity contribution in [1.29, 1.82) is 0 Å². The van der Waals surface area contributed by atoms with Gasteiger partial charge in [-0.25, -0.2) is 0 Å². The lowest BCUT2D eigenvalue weighted by Gasteiger charge is -2.29. The number of amides is 1. The second-order valence-electron chi connectivity index (χ2n) is 5.25. The fourth-order valence-corrected chi connectivity index (χ4v) is 3.22. The lowest BCUT2D eigenvalue weighted by molar-refractivity contribution is -0.135. The Kier molecular flexibility index (Phi) is 3.56. The predicted octanol–water partition coefficient (Wildman–Crippen LogP) is 2.67. The van der Waals surface area contributed by atoms with Gasteiger partial charge in [-0.15, -0.1) is 0 Å². The van der Waals surface area contributed by atoms with E-state index in [9.17, 15) is 4.79 Å². The summed E-state index contributed by atoms with van der Waals surface area (Å²) >= 11 is 5.36. The number of nitrogens with zero attached hydrogens (tertiary/aromatic N) is 3. The smallest absolute Gasteiger partial charge is 0.245 e. The van der Waals surface area contributed by atoms with Crippen LogP contribution in [0.5, 0.6) is 0 Å². The standard InChI is InChI=1S/C14H18N4OS/c1-10(13(19)17-7-3-2-4-8-17)18-12-5-6-15-9-11(12)16-14(18)20/h5-6,9-10H,2-4,7-8H2,1H3,(H,16,20). The minimum Gasteiger partial charge on any atom is -0.341 e. The summed E-state index contributed by atoms with van der Waals surface area (Å²) in [6, 6.07) is 1.61. The van der Waals surface area contributed by atoms with Crippen LogP contribution in [-0.2, 0) is 4.79 Å². The van der Waals surface area contributed by atoms with Gasteiger partial charge in [-0.3, -0.25) is 9.78 Å². The molecule has 6 heteroatoms. The molecule has 1 atom stereocenters. The maximum Gasteiger partial charge on any atom is 0.245 e. The number of pyridine rings is 1. The number of hydrogen-bond donors (Lipinski definition) is 1. The van der Waals surface area contributed by atoms with Crippen molar-refractivity contribution in [3.63, 3.8) is 0 Å². The van der Waals surface area contributed by atoms with E-state index in [1.807, 2.05) is 22.5 Å². The second kappa shape index (κ2) is 5.36. The van der Waals surface area contributed by atoms with E-state index in [1.165, 1.54) is 6.42 Å². The van der Waals surface area contributed by atoms with E-state index in [4.69, 9.17) is 12.2 Å². The first-order chi connectivity index (χ1) is 9.68. The zero-order valence-corrected chi connectivity index (χ0v) is 12.3. The summed E-state index contributed by atoms with van der Waals surface area (Å²) in [5.41, 5.74) is 1.80. The Morgan fingerprint density at radius 3 is 2.90 bits per heavy atom. The first-order valence-corrected chi connectivity index (χ1v) is 7.42. The fourth-order valence-electron chi connectivity index (χ4n) is 2.85. The van der Waals surface area contributed by atoms with E-state index in [2.05, 4.69) is 9.97 Å². The summed E-state index contributed by atoms with van der Waals surface area (Å²) in [7, 11) is 0. The molecule has 2 aromatic heterocycles. The Labute approximate surface area is 122 Å². The van der Waals surface area contributed by atoms with Gasteiger partial charge < -0.3 is 14.5 Å². The SMILES string of the molecule is CC(C(=O)N1CCCCC1)n1c(=S)[nH]c2cnccc21. The molecule has 1 N–H and O–H groups in total. The van der Waals surface area contributed by atoms with Gasteiger partial charge in [0.2, 0.25) is 5.91 Å². The molecule has 20 heavy (non-hydrogen) atoms. The number of H-pyrrole nitrogens is 1. The summed E-state index contributed by atoms with van der Waals surface area (Å²) in [4.78, 5) is 21.8. The van der Waals surface area contributed by atoms with E-state index in [0.717, 1.165) is 37.0 Å². The van der Waals surface area contributed by atoms with Gasteiger partial charge in [0.1, 0.15) is 6.04 Å². The highest BCUT2D eigenvalue weighted by Gasteiger charge is 2.24. The Morgan fingerprint density at radius 2 is 2.15 bits per heavy atom. The number of carbonyl (C=O) groups excluding carboxylic acids is 1. The number of hydrogen-bond acceptors (Lipinski definition) is 3. The predicted molar refractivity (Wildman–Crippen MR) is 80.1 cm³/mol. The molecule has 0 radical (unpaired) electrons. The van der Waals surface area contributed by atoms with Gasteiger partial charge in [0.05, 0.1) is 17.2 Å². The zero-order valence-electron chi connectivity index (χ0n) is 11.5. The summed E-state index contributed by atoms with van der Waals surface area (Å²) in [5.74, 6) is 0.151. The molecule has 0 saturated carbocycles. The van der Waals surface area contributed by atoms with Crippen LogP contribution in [0.1, 0.15) is 32.2 Å². The van der Waals surface area contributed by atoms with Crippen LogP contribution in [0.3, 0.4) is 0 Å². The minimum absolute atomic E-state index is 0.151. The molecule has 0 aliphatic carbocycles. The number of aromatic amines is 1. The van der Waals surface area contributed by atoms with Crippen molar-refractivity contribution in [3.8, 4) is 0 Å². The molecule has 5 nitrogen and oxygen atoms in total. The summed E-state index contributed by atoms with van der Waals surface area (Å²) in [6.45, 7) is 3.64. The highest BCUT2D eigenvalue weighted by Crippen LogP contribution is 2.21. The fraction of sp³-hybridized carbons (Fsp3) is 0.500. The van der Waals surface area contributed by atoms with E-state index >= 15 is 0 Å². The van der Waals surface area contributed by atoms with Crippen molar-refractivity contribution >= 4 is 29.2 Å². The Hall–Kier alpha value is -1.69. The maximum absolute atomic E-state index is 12.6. The highest BCUT2D eigenvalue weighted by atomic mass is 32.1. The third-order valence-corrected chi connectivity index (χ3v) is 4.23. The van der Waals surface area contributed by atoms with Crippen LogP contribution in [0.2, 0.25) is 0 Å². The van der Waals surface area contributed by atoms with Crippen LogP contribution in [0.15, 0.2) is 18.5 Å². The average molecular weight is 290 g/mol. The van der Waals surface area contributed by atoms with Crippen molar-refractivity contribution in [2.75, 3.05) is 13.1 Å². The number of fused-ring (bicyclic) bond motifs is 1. The molecule has 1 aliphatic rings. The van der Waals surface area contributed by atoms with Crippen LogP contribution in [0.4, 0.5) is 0 Å². The second-order valence-corrected chi connectivity index (χ2v) is 5.64. The van der Waals surface area contributed by atoms with Crippen LogP contribution < -0.4 is 0 Å². The van der Waals surface area contributed by atoms with Crippen molar-refractivity contribution in [1.82, 2.24) is 19.4 Å². The molecule has 3 rings (SSSR count). The molecule has 0 spiro atoms. The van der Waals surface area contributed by atoms with Crippen molar-refractivity contribution in [2.24, 2.45) is 0 Å². The number of carbonyl (C=O) groups is 1. The molecular weight excluding hydrogens is 272 g/mol. The van der Waals surface area contributed by atoms with E-state index in [1.54, 1.807) is 12.4 Å². The lowest BCUT2D eigenvalue weighted by Crippen LogP contribution is -2.39. The molecule has 106 valence electrons. The van der Waals surface area contributed by atoms with E-state index in [0.29, 0.717) is 4.77 Å². The zero-order chi connectivity index (χ0) is 14.1. The van der Waals surface area contributed by atoms with E-state index < -0.39 is 0 Å².